The number of anilines is 1. The van der Waals surface area contributed by atoms with Crippen LogP contribution in [0.5, 0.6) is 0 Å². The molecule has 0 radical (unpaired) electrons. The molecule has 0 bridgehead atoms. The van der Waals surface area contributed by atoms with Crippen LogP contribution in [0.1, 0.15) is 15.9 Å². The van der Waals surface area contributed by atoms with Crippen molar-refractivity contribution in [2.24, 2.45) is 5.10 Å². The molecule has 4 aromatic rings. The Kier molecular flexibility index (Phi) is 5.98. The number of benzene rings is 3. The molecule has 0 aliphatic carbocycles. The van der Waals surface area contributed by atoms with Gasteiger partial charge in [-0.15, -0.1) is 5.10 Å². The molecule has 0 atom stereocenters. The fraction of sp³-hybridized carbons (Fsp3) is 0.0435. The van der Waals surface area contributed by atoms with E-state index in [1.807, 2.05) is 6.92 Å². The zero-order chi connectivity index (χ0) is 22.7. The van der Waals surface area contributed by atoms with Gasteiger partial charge in [0.2, 0.25) is 5.55 Å². The van der Waals surface area contributed by atoms with Crippen molar-refractivity contribution in [3.05, 3.63) is 101 Å². The molecule has 7 nitrogen and oxygen atoms in total. The number of hydrogen-bond acceptors (Lipinski definition) is 5. The third-order valence-electron chi connectivity index (χ3n) is 4.65. The second-order valence-corrected chi connectivity index (χ2v) is 9.01. The fourth-order valence-electron chi connectivity index (χ4n) is 2.94. The minimum atomic E-state index is -3.95. The topological polar surface area (TPSA) is 101 Å². The number of rotatable bonds is 5. The minimum Gasteiger partial charge on any atom is -0.436 e. The molecular formula is C23H18ClN3O4S. The van der Waals surface area contributed by atoms with Gasteiger partial charge in [-0.2, -0.15) is 13.2 Å². The van der Waals surface area contributed by atoms with Crippen molar-refractivity contribution in [3.8, 4) is 0 Å². The van der Waals surface area contributed by atoms with Crippen LogP contribution in [0.3, 0.4) is 0 Å². The zero-order valence-corrected chi connectivity index (χ0v) is 18.4. The van der Waals surface area contributed by atoms with Crippen LogP contribution < -0.4 is 15.7 Å². The van der Waals surface area contributed by atoms with E-state index in [-0.39, 0.29) is 16.0 Å². The Morgan fingerprint density at radius 3 is 2.44 bits per heavy atom. The molecule has 2 N–H and O–H groups in total. The van der Waals surface area contributed by atoms with Crippen molar-refractivity contribution in [2.45, 2.75) is 11.8 Å². The summed E-state index contributed by atoms with van der Waals surface area (Å²) in [6, 6.07) is 21.5. The maximum absolute atomic E-state index is 13.0. The quantitative estimate of drug-likeness (QED) is 0.423. The van der Waals surface area contributed by atoms with Crippen LogP contribution in [-0.2, 0) is 10.0 Å². The van der Waals surface area contributed by atoms with Crippen LogP contribution in [0.25, 0.3) is 11.0 Å². The molecular weight excluding hydrogens is 450 g/mol. The number of amides is 1. The highest BCUT2D eigenvalue weighted by Gasteiger charge is 2.16. The summed E-state index contributed by atoms with van der Waals surface area (Å²) in [5.74, 6) is -0.530. The van der Waals surface area contributed by atoms with E-state index in [9.17, 15) is 13.2 Å². The molecule has 0 saturated heterocycles. The van der Waals surface area contributed by atoms with Gasteiger partial charge in [0.05, 0.1) is 4.90 Å². The van der Waals surface area contributed by atoms with Crippen LogP contribution in [-0.4, -0.2) is 14.3 Å². The van der Waals surface area contributed by atoms with E-state index >= 15 is 0 Å². The molecule has 3 aromatic carbocycles. The zero-order valence-electron chi connectivity index (χ0n) is 16.9. The Balaban J connectivity index is 1.75. The van der Waals surface area contributed by atoms with Crippen LogP contribution in [0.4, 0.5) is 5.69 Å². The van der Waals surface area contributed by atoms with E-state index in [0.29, 0.717) is 21.7 Å². The highest BCUT2D eigenvalue weighted by molar-refractivity contribution is 7.89. The number of hydrogen-bond donors (Lipinski definition) is 2. The molecule has 4 rings (SSSR count). The van der Waals surface area contributed by atoms with E-state index in [4.69, 9.17) is 16.0 Å². The Hall–Kier alpha value is -3.62. The molecule has 9 heteroatoms. The first-order valence-electron chi connectivity index (χ1n) is 9.54. The van der Waals surface area contributed by atoms with Gasteiger partial charge < -0.3 is 9.73 Å². The second kappa shape index (κ2) is 8.86. The number of fused-ring (bicyclic) bond motifs is 1. The summed E-state index contributed by atoms with van der Waals surface area (Å²) < 4.78 is 30.8. The Bertz CT molecular complexity index is 1480. The lowest BCUT2D eigenvalue weighted by atomic mass is 10.1. The van der Waals surface area contributed by atoms with Gasteiger partial charge >= 0.3 is 0 Å². The standard InChI is InChI=1S/C23H18ClN3O4S/c1-15-11-12-17(14-20(15)24)25-22(28)19-13-16-7-5-6-10-21(16)31-23(19)26-27-32(29,30)18-8-3-2-4-9-18/h2-14,27H,1H3,(H,25,28)/b26-23-. The van der Waals surface area contributed by atoms with Gasteiger partial charge in [-0.1, -0.05) is 54.1 Å². The number of nitrogens with one attached hydrogen (secondary N) is 2. The molecule has 0 fully saturated rings. The van der Waals surface area contributed by atoms with Crippen LogP contribution in [0.15, 0.2) is 93.3 Å². The predicted octanol–water partition coefficient (Wildman–Crippen LogP) is 4.44. The highest BCUT2D eigenvalue weighted by Crippen LogP contribution is 2.21. The predicted molar refractivity (Wildman–Crippen MR) is 123 cm³/mol. The summed E-state index contributed by atoms with van der Waals surface area (Å²) in [7, 11) is -3.95. The van der Waals surface area contributed by atoms with Gasteiger partial charge in [-0.3, -0.25) is 4.79 Å². The lowest BCUT2D eigenvalue weighted by Gasteiger charge is -2.08. The van der Waals surface area contributed by atoms with Gasteiger partial charge in [0, 0.05) is 16.1 Å². The van der Waals surface area contributed by atoms with E-state index < -0.39 is 15.9 Å². The van der Waals surface area contributed by atoms with Gasteiger partial charge in [-0.05, 0) is 48.9 Å². The maximum Gasteiger partial charge on any atom is 0.276 e. The second-order valence-electron chi connectivity index (χ2n) is 6.94. The normalized spacial score (nSPS) is 12.0. The molecule has 32 heavy (non-hydrogen) atoms. The lowest BCUT2D eigenvalue weighted by Crippen LogP contribution is -2.27. The summed E-state index contributed by atoms with van der Waals surface area (Å²) in [6.07, 6.45) is 0. The van der Waals surface area contributed by atoms with Crippen LogP contribution >= 0.6 is 11.6 Å². The summed E-state index contributed by atoms with van der Waals surface area (Å²) in [6.45, 7) is 1.85. The first-order chi connectivity index (χ1) is 15.3. The smallest absolute Gasteiger partial charge is 0.276 e. The summed E-state index contributed by atoms with van der Waals surface area (Å²) in [5, 5.41) is 7.81. The molecule has 0 unspecified atom stereocenters. The Morgan fingerprint density at radius 2 is 1.69 bits per heavy atom. The molecule has 1 aromatic heterocycles. The van der Waals surface area contributed by atoms with Crippen molar-refractivity contribution in [2.75, 3.05) is 5.32 Å². The number of halogens is 1. The third kappa shape index (κ3) is 4.66. The van der Waals surface area contributed by atoms with E-state index in [1.54, 1.807) is 66.7 Å². The van der Waals surface area contributed by atoms with Gasteiger partial charge in [0.25, 0.3) is 15.9 Å². The van der Waals surface area contributed by atoms with Gasteiger partial charge in [0.1, 0.15) is 11.1 Å². The van der Waals surface area contributed by atoms with Gasteiger partial charge in [-0.25, -0.2) is 0 Å². The first kappa shape index (κ1) is 21.6. The molecule has 1 amide bonds. The van der Waals surface area contributed by atoms with Crippen molar-refractivity contribution >= 4 is 44.2 Å². The number of nitrogens with zero attached hydrogens (tertiary/aromatic N) is 1. The minimum absolute atomic E-state index is 0.0323. The fourth-order valence-corrected chi connectivity index (χ4v) is 3.94. The first-order valence-corrected chi connectivity index (χ1v) is 11.4. The van der Waals surface area contributed by atoms with E-state index in [0.717, 1.165) is 5.56 Å². The largest absolute Gasteiger partial charge is 0.436 e. The third-order valence-corrected chi connectivity index (χ3v) is 6.28. The number of carbonyl (C=O) groups is 1. The van der Waals surface area contributed by atoms with Crippen LogP contribution in [0.2, 0.25) is 5.02 Å². The molecule has 0 saturated carbocycles. The van der Waals surface area contributed by atoms with Crippen molar-refractivity contribution < 1.29 is 17.6 Å². The highest BCUT2D eigenvalue weighted by atomic mass is 35.5. The SMILES string of the molecule is Cc1ccc(NC(=O)c2cc3ccccc3o/c2=N\NS(=O)(=O)c2ccccc2)cc1Cl. The number of carbonyl (C=O) groups excluding carboxylic acids is 1. The Morgan fingerprint density at radius 1 is 0.969 bits per heavy atom. The molecule has 0 aliphatic heterocycles. The number of sulfonamides is 1. The Labute approximate surface area is 189 Å². The van der Waals surface area contributed by atoms with Crippen molar-refractivity contribution in [3.63, 3.8) is 0 Å². The molecule has 1 heterocycles. The average molecular weight is 468 g/mol. The van der Waals surface area contributed by atoms with Crippen molar-refractivity contribution in [1.82, 2.24) is 4.83 Å². The van der Waals surface area contributed by atoms with Gasteiger partial charge in [0.15, 0.2) is 0 Å². The molecule has 0 aliphatic rings. The van der Waals surface area contributed by atoms with Crippen molar-refractivity contribution in [1.29, 1.82) is 0 Å². The van der Waals surface area contributed by atoms with E-state index in [2.05, 4.69) is 15.2 Å². The van der Waals surface area contributed by atoms with E-state index in [1.165, 1.54) is 12.1 Å². The molecule has 0 spiro atoms. The maximum atomic E-state index is 13.0. The monoisotopic (exact) mass is 467 g/mol. The lowest BCUT2D eigenvalue weighted by molar-refractivity contribution is 0.102. The average Bonchev–Trinajstić information content (AvgIpc) is 2.80. The summed E-state index contributed by atoms with van der Waals surface area (Å²) in [5.41, 5.74) is 1.67. The summed E-state index contributed by atoms with van der Waals surface area (Å²) in [4.78, 5) is 15.2. The molecule has 162 valence electrons. The van der Waals surface area contributed by atoms with Crippen LogP contribution in [0, 0.1) is 6.92 Å². The number of para-hydroxylation sites is 1. The number of aryl methyl sites for hydroxylation is 1. The summed E-state index contributed by atoms with van der Waals surface area (Å²) >= 11 is 6.15.